The van der Waals surface area contributed by atoms with E-state index in [2.05, 4.69) is 12.3 Å². The number of hydrogen-bond donors (Lipinski definition) is 4. The van der Waals surface area contributed by atoms with Crippen LogP contribution in [0.5, 0.6) is 0 Å². The second-order valence-corrected chi connectivity index (χ2v) is 8.55. The second kappa shape index (κ2) is 26.1. The Labute approximate surface area is 196 Å². The first-order chi connectivity index (χ1) is 15.4. The summed E-state index contributed by atoms with van der Waals surface area (Å²) in [5, 5.41) is 26.4. The normalized spacial score (nSPS) is 11.7. The van der Waals surface area contributed by atoms with Crippen LogP contribution in [-0.4, -0.2) is 58.0 Å². The number of aliphatic hydroxyl groups excluding tert-OH is 2. The Kier molecular flexibility index (Phi) is 26.9. The Morgan fingerprint density at radius 3 is 1.47 bits per heavy atom. The fourth-order valence-electron chi connectivity index (χ4n) is 3.30. The molecule has 0 heterocycles. The van der Waals surface area contributed by atoms with Crippen LogP contribution in [0.2, 0.25) is 0 Å². The molecule has 1 atom stereocenters. The van der Waals surface area contributed by atoms with Gasteiger partial charge in [-0.2, -0.15) is 0 Å². The number of unbranched alkanes of at least 4 members (excludes halogenated alkanes) is 14. The molecule has 0 aliphatic carbocycles. The average Bonchev–Trinajstić information content (AvgIpc) is 2.76. The summed E-state index contributed by atoms with van der Waals surface area (Å²) in [6.45, 7) is 6.75. The molecule has 0 spiro atoms. The van der Waals surface area contributed by atoms with E-state index in [4.69, 9.17) is 15.3 Å². The first-order valence-corrected chi connectivity index (χ1v) is 12.9. The molecular weight excluding hydrogens is 408 g/mol. The lowest BCUT2D eigenvalue weighted by Crippen LogP contribution is -2.43. The number of carbonyl (C=O) groups excluding carboxylic acids is 1. The molecule has 0 radical (unpaired) electrons. The summed E-state index contributed by atoms with van der Waals surface area (Å²) in [5.74, 6) is -1.11. The molecule has 192 valence electrons. The summed E-state index contributed by atoms with van der Waals surface area (Å²) >= 11 is 0. The van der Waals surface area contributed by atoms with Gasteiger partial charge in [-0.05, 0) is 13.3 Å². The summed E-state index contributed by atoms with van der Waals surface area (Å²) in [5.41, 5.74) is 2.85. The van der Waals surface area contributed by atoms with Crippen LogP contribution in [-0.2, 0) is 9.59 Å². The van der Waals surface area contributed by atoms with Crippen LogP contribution < -0.4 is 5.43 Å². The molecule has 0 aromatic rings. The van der Waals surface area contributed by atoms with Crippen molar-refractivity contribution in [2.24, 2.45) is 0 Å². The number of aliphatic hydroxyl groups is 2. The van der Waals surface area contributed by atoms with Crippen LogP contribution in [0.3, 0.4) is 0 Å². The largest absolute Gasteiger partial charge is 0.479 e. The van der Waals surface area contributed by atoms with Crippen molar-refractivity contribution in [2.75, 3.05) is 19.7 Å². The Hall–Kier alpha value is -1.18. The van der Waals surface area contributed by atoms with E-state index in [0.29, 0.717) is 13.0 Å². The van der Waals surface area contributed by atoms with Crippen molar-refractivity contribution in [3.8, 4) is 0 Å². The third-order valence-corrected chi connectivity index (χ3v) is 5.40. The lowest BCUT2D eigenvalue weighted by Gasteiger charge is -2.20. The number of amides is 1. The van der Waals surface area contributed by atoms with Gasteiger partial charge in [0.15, 0.2) is 0 Å². The Balaban J connectivity index is 0. The molecule has 0 aromatic carbocycles. The first-order valence-electron chi connectivity index (χ1n) is 12.9. The number of carboxylic acid groups (broad SMARTS) is 1. The van der Waals surface area contributed by atoms with Crippen molar-refractivity contribution in [1.82, 2.24) is 10.4 Å². The number of carbonyl (C=O) groups is 2. The van der Waals surface area contributed by atoms with Gasteiger partial charge >= 0.3 is 5.97 Å². The second-order valence-electron chi connectivity index (χ2n) is 8.55. The van der Waals surface area contributed by atoms with Gasteiger partial charge < -0.3 is 15.3 Å². The smallest absolute Gasteiger partial charge is 0.332 e. The maximum atomic E-state index is 11.8. The lowest BCUT2D eigenvalue weighted by molar-refractivity contribution is -0.145. The number of rotatable bonds is 21. The highest BCUT2D eigenvalue weighted by Gasteiger charge is 2.06. The van der Waals surface area contributed by atoms with Gasteiger partial charge in [0.25, 0.3) is 0 Å². The van der Waals surface area contributed by atoms with Crippen LogP contribution in [0.4, 0.5) is 0 Å². The molecule has 0 aliphatic heterocycles. The van der Waals surface area contributed by atoms with Gasteiger partial charge in [0.05, 0.1) is 6.61 Å². The maximum Gasteiger partial charge on any atom is 0.332 e. The number of likely N-dealkylation sites (N-methyl/N-ethyl adjacent to an activating group) is 1. The fourth-order valence-corrected chi connectivity index (χ4v) is 3.30. The lowest BCUT2D eigenvalue weighted by atomic mass is 10.0. The van der Waals surface area contributed by atoms with Crippen molar-refractivity contribution < 1.29 is 24.9 Å². The van der Waals surface area contributed by atoms with E-state index >= 15 is 0 Å². The van der Waals surface area contributed by atoms with Crippen LogP contribution in [0, 0.1) is 0 Å². The third kappa shape index (κ3) is 26.9. The molecule has 0 aliphatic rings. The van der Waals surface area contributed by atoms with Gasteiger partial charge in [-0.3, -0.25) is 10.2 Å². The summed E-state index contributed by atoms with van der Waals surface area (Å²) in [4.78, 5) is 21.2. The monoisotopic (exact) mass is 460 g/mol. The van der Waals surface area contributed by atoms with E-state index in [1.54, 1.807) is 5.01 Å². The molecule has 1 amide bonds. The molecule has 4 N–H and O–H groups in total. The quantitative estimate of drug-likeness (QED) is 0.141. The van der Waals surface area contributed by atoms with Gasteiger partial charge in [-0.1, -0.05) is 104 Å². The van der Waals surface area contributed by atoms with Crippen molar-refractivity contribution in [1.29, 1.82) is 0 Å². The highest BCUT2D eigenvalue weighted by molar-refractivity contribution is 5.75. The van der Waals surface area contributed by atoms with Crippen molar-refractivity contribution in [2.45, 2.75) is 130 Å². The molecule has 1 unspecified atom stereocenters. The maximum absolute atomic E-state index is 11.8. The van der Waals surface area contributed by atoms with Crippen molar-refractivity contribution in [3.05, 3.63) is 0 Å². The molecular formula is C25H52N2O5. The Morgan fingerprint density at radius 1 is 0.781 bits per heavy atom. The zero-order chi connectivity index (χ0) is 24.5. The Bertz CT molecular complexity index is 419. The number of hydrogen-bond acceptors (Lipinski definition) is 5. The Morgan fingerprint density at radius 2 is 1.16 bits per heavy atom. The zero-order valence-corrected chi connectivity index (χ0v) is 21.1. The summed E-state index contributed by atoms with van der Waals surface area (Å²) in [6.07, 6.45) is 19.5. The molecule has 0 bridgehead atoms. The van der Waals surface area contributed by atoms with Crippen LogP contribution in [0.1, 0.15) is 124 Å². The van der Waals surface area contributed by atoms with Crippen LogP contribution in [0.15, 0.2) is 0 Å². The molecule has 32 heavy (non-hydrogen) atoms. The van der Waals surface area contributed by atoms with Crippen molar-refractivity contribution >= 4 is 11.9 Å². The molecule has 0 rings (SSSR count). The molecule has 0 aromatic heterocycles. The summed E-state index contributed by atoms with van der Waals surface area (Å²) in [7, 11) is 0. The number of nitrogens with one attached hydrogen (secondary N) is 1. The first kappa shape index (κ1) is 33.0. The average molecular weight is 461 g/mol. The molecule has 0 fully saturated rings. The number of nitrogens with zero attached hydrogens (tertiary/aromatic N) is 1. The predicted octanol–water partition coefficient (Wildman–Crippen LogP) is 5.05. The zero-order valence-electron chi connectivity index (χ0n) is 21.1. The van der Waals surface area contributed by atoms with E-state index in [-0.39, 0.29) is 12.5 Å². The predicted molar refractivity (Wildman–Crippen MR) is 131 cm³/mol. The van der Waals surface area contributed by atoms with E-state index in [1.165, 1.54) is 90.4 Å². The van der Waals surface area contributed by atoms with E-state index in [9.17, 15) is 9.59 Å². The number of carboxylic acids is 1. The molecule has 7 heteroatoms. The summed E-state index contributed by atoms with van der Waals surface area (Å²) in [6, 6.07) is 0. The minimum Gasteiger partial charge on any atom is -0.479 e. The van der Waals surface area contributed by atoms with Crippen LogP contribution in [0.25, 0.3) is 0 Å². The van der Waals surface area contributed by atoms with Crippen LogP contribution >= 0.6 is 0 Å². The van der Waals surface area contributed by atoms with Gasteiger partial charge in [0.2, 0.25) is 5.91 Å². The van der Waals surface area contributed by atoms with Gasteiger partial charge in [0, 0.05) is 19.5 Å². The van der Waals surface area contributed by atoms with E-state index in [1.807, 2.05) is 6.92 Å². The number of aliphatic carboxylic acids is 1. The molecule has 7 nitrogen and oxygen atoms in total. The highest BCUT2D eigenvalue weighted by atomic mass is 16.4. The highest BCUT2D eigenvalue weighted by Crippen LogP contribution is 2.13. The molecule has 0 saturated carbocycles. The minimum atomic E-state index is -1.23. The van der Waals surface area contributed by atoms with E-state index in [0.717, 1.165) is 19.4 Å². The van der Waals surface area contributed by atoms with Gasteiger partial charge in [0.1, 0.15) is 6.10 Å². The minimum absolute atomic E-state index is 0.0765. The fraction of sp³-hybridized carbons (Fsp3) is 0.920. The van der Waals surface area contributed by atoms with Gasteiger partial charge in [-0.15, -0.1) is 0 Å². The summed E-state index contributed by atoms with van der Waals surface area (Å²) < 4.78 is 0. The topological polar surface area (TPSA) is 110 Å². The molecule has 0 saturated heterocycles. The standard InChI is InChI=1S/C22H46N2O2.C3H6O3/c1-3-5-6-7-8-9-10-11-12-13-14-15-16-17-18-19-22(26)23-24(4-2)20-21-25;1-2(4)3(5)6/h25H,3-21H2,1-2H3,(H,23,26);2,4H,1H3,(H,5,6). The van der Waals surface area contributed by atoms with E-state index < -0.39 is 12.1 Å². The third-order valence-electron chi connectivity index (χ3n) is 5.40. The number of hydrazine groups is 1. The SMILES string of the molecule is CC(O)C(=O)O.CCCCCCCCCCCCCCCCCC(=O)NN(CC)CCO. The van der Waals surface area contributed by atoms with Crippen molar-refractivity contribution in [3.63, 3.8) is 0 Å². The van der Waals surface area contributed by atoms with Gasteiger partial charge in [-0.25, -0.2) is 9.80 Å².